The number of aryl methyl sites for hydroxylation is 1. The quantitative estimate of drug-likeness (QED) is 0.614. The van der Waals surface area contributed by atoms with Gasteiger partial charge in [0.15, 0.2) is 0 Å². The van der Waals surface area contributed by atoms with Crippen molar-refractivity contribution < 1.29 is 9.66 Å². The summed E-state index contributed by atoms with van der Waals surface area (Å²) in [7, 11) is 0. The van der Waals surface area contributed by atoms with E-state index in [-0.39, 0.29) is 23.4 Å². The first-order chi connectivity index (χ1) is 8.65. The van der Waals surface area contributed by atoms with Crippen molar-refractivity contribution in [2.45, 2.75) is 39.2 Å². The summed E-state index contributed by atoms with van der Waals surface area (Å²) in [6.45, 7) is 4.01. The molecule has 1 aliphatic rings. The maximum absolute atomic E-state index is 11.1. The van der Waals surface area contributed by atoms with E-state index in [1.54, 1.807) is 6.92 Å². The van der Waals surface area contributed by atoms with E-state index in [1.807, 2.05) is 6.92 Å². The van der Waals surface area contributed by atoms with Crippen molar-refractivity contribution in [1.29, 1.82) is 0 Å². The summed E-state index contributed by atoms with van der Waals surface area (Å²) >= 11 is 0. The number of nitro groups is 1. The van der Waals surface area contributed by atoms with Crippen molar-refractivity contribution in [1.82, 2.24) is 9.97 Å². The Bertz CT molecular complexity index is 460. The van der Waals surface area contributed by atoms with Crippen LogP contribution in [0.2, 0.25) is 0 Å². The minimum atomic E-state index is -0.491. The third-order valence-corrected chi connectivity index (χ3v) is 2.60. The SMILES string of the molecule is CCOc1nc(CC)nc(NC2CC2)c1[N+](=O)[O-]. The lowest BCUT2D eigenvalue weighted by molar-refractivity contribution is -0.385. The molecule has 0 saturated heterocycles. The lowest BCUT2D eigenvalue weighted by Gasteiger charge is -2.10. The molecule has 1 saturated carbocycles. The minimum absolute atomic E-state index is 0.0532. The molecule has 0 bridgehead atoms. The van der Waals surface area contributed by atoms with E-state index < -0.39 is 4.92 Å². The Morgan fingerprint density at radius 1 is 1.44 bits per heavy atom. The highest BCUT2D eigenvalue weighted by atomic mass is 16.6. The van der Waals surface area contributed by atoms with Crippen molar-refractivity contribution in [3.05, 3.63) is 15.9 Å². The van der Waals surface area contributed by atoms with Crippen LogP contribution in [0.1, 0.15) is 32.5 Å². The second kappa shape index (κ2) is 5.16. The van der Waals surface area contributed by atoms with Crippen LogP contribution >= 0.6 is 0 Å². The van der Waals surface area contributed by atoms with Crippen LogP contribution in [-0.2, 0) is 6.42 Å². The van der Waals surface area contributed by atoms with Gasteiger partial charge in [-0.1, -0.05) is 6.92 Å². The molecule has 1 aromatic heterocycles. The molecule has 0 radical (unpaired) electrons. The van der Waals surface area contributed by atoms with Crippen molar-refractivity contribution in [3.8, 4) is 5.88 Å². The average Bonchev–Trinajstić information content (AvgIpc) is 3.12. The number of rotatable bonds is 6. The molecule has 0 amide bonds. The van der Waals surface area contributed by atoms with Gasteiger partial charge in [0.2, 0.25) is 5.82 Å². The topological polar surface area (TPSA) is 90.2 Å². The van der Waals surface area contributed by atoms with Crippen LogP contribution in [-0.4, -0.2) is 27.5 Å². The molecular formula is C11H16N4O3. The Balaban J connectivity index is 2.44. The Labute approximate surface area is 105 Å². The van der Waals surface area contributed by atoms with E-state index in [1.165, 1.54) is 0 Å². The number of hydrogen-bond donors (Lipinski definition) is 1. The summed E-state index contributed by atoms with van der Waals surface area (Å²) in [6.07, 6.45) is 2.65. The molecular weight excluding hydrogens is 236 g/mol. The molecule has 0 aromatic carbocycles. The molecule has 7 nitrogen and oxygen atoms in total. The van der Waals surface area contributed by atoms with Crippen LogP contribution in [0, 0.1) is 10.1 Å². The summed E-state index contributed by atoms with van der Waals surface area (Å²) in [6, 6.07) is 0.290. The third-order valence-electron chi connectivity index (χ3n) is 2.60. The van der Waals surface area contributed by atoms with E-state index in [0.29, 0.717) is 18.9 Å². The molecule has 1 fully saturated rings. The molecule has 0 aliphatic heterocycles. The van der Waals surface area contributed by atoms with Gasteiger partial charge in [-0.15, -0.1) is 0 Å². The largest absolute Gasteiger partial charge is 0.473 e. The van der Waals surface area contributed by atoms with E-state index in [9.17, 15) is 10.1 Å². The monoisotopic (exact) mass is 252 g/mol. The molecule has 18 heavy (non-hydrogen) atoms. The number of anilines is 1. The van der Waals surface area contributed by atoms with Crippen LogP contribution in [0.5, 0.6) is 5.88 Å². The average molecular weight is 252 g/mol. The fraction of sp³-hybridized carbons (Fsp3) is 0.636. The standard InChI is InChI=1S/C11H16N4O3/c1-3-8-13-10(12-7-5-6-7)9(15(16)17)11(14-8)18-4-2/h7H,3-6H2,1-2H3,(H,12,13,14). The zero-order valence-electron chi connectivity index (χ0n) is 10.5. The molecule has 1 aliphatic carbocycles. The van der Waals surface area contributed by atoms with Crippen LogP contribution in [0.15, 0.2) is 0 Å². The number of aromatic nitrogens is 2. The van der Waals surface area contributed by atoms with Gasteiger partial charge in [-0.2, -0.15) is 4.98 Å². The van der Waals surface area contributed by atoms with Gasteiger partial charge in [0, 0.05) is 12.5 Å². The fourth-order valence-corrected chi connectivity index (χ4v) is 1.56. The van der Waals surface area contributed by atoms with Crippen LogP contribution < -0.4 is 10.1 Å². The number of ether oxygens (including phenoxy) is 1. The highest BCUT2D eigenvalue weighted by Gasteiger charge is 2.30. The molecule has 0 unspecified atom stereocenters. The molecule has 7 heteroatoms. The van der Waals surface area contributed by atoms with E-state index in [4.69, 9.17) is 4.74 Å². The Morgan fingerprint density at radius 2 is 2.17 bits per heavy atom. The molecule has 98 valence electrons. The maximum atomic E-state index is 11.1. The fourth-order valence-electron chi connectivity index (χ4n) is 1.56. The van der Waals surface area contributed by atoms with Gasteiger partial charge < -0.3 is 10.1 Å². The number of nitrogens with one attached hydrogen (secondary N) is 1. The zero-order valence-corrected chi connectivity index (χ0v) is 10.5. The first-order valence-electron chi connectivity index (χ1n) is 6.10. The van der Waals surface area contributed by atoms with Crippen LogP contribution in [0.25, 0.3) is 0 Å². The van der Waals surface area contributed by atoms with Crippen LogP contribution in [0.3, 0.4) is 0 Å². The second-order valence-corrected chi connectivity index (χ2v) is 4.10. The summed E-state index contributed by atoms with van der Waals surface area (Å²) < 4.78 is 5.25. The van der Waals surface area contributed by atoms with Gasteiger partial charge in [0.25, 0.3) is 5.88 Å². The molecule has 2 rings (SSSR count). The zero-order chi connectivity index (χ0) is 13.1. The van der Waals surface area contributed by atoms with Gasteiger partial charge >= 0.3 is 5.69 Å². The molecule has 0 spiro atoms. The second-order valence-electron chi connectivity index (χ2n) is 4.10. The van der Waals surface area contributed by atoms with Crippen molar-refractivity contribution in [2.75, 3.05) is 11.9 Å². The first-order valence-corrected chi connectivity index (χ1v) is 6.10. The van der Waals surface area contributed by atoms with Gasteiger partial charge in [0.1, 0.15) is 5.82 Å². The van der Waals surface area contributed by atoms with Crippen molar-refractivity contribution in [2.24, 2.45) is 0 Å². The highest BCUT2D eigenvalue weighted by molar-refractivity contribution is 5.62. The lowest BCUT2D eigenvalue weighted by Crippen LogP contribution is -2.11. The van der Waals surface area contributed by atoms with Gasteiger partial charge in [-0.05, 0) is 19.8 Å². The predicted octanol–water partition coefficient (Wildman–Crippen LogP) is 1.92. The smallest absolute Gasteiger partial charge is 0.372 e. The van der Waals surface area contributed by atoms with Gasteiger partial charge in [-0.3, -0.25) is 10.1 Å². The number of nitrogens with zero attached hydrogens (tertiary/aromatic N) is 3. The Kier molecular flexibility index (Phi) is 3.59. The maximum Gasteiger partial charge on any atom is 0.372 e. The highest BCUT2D eigenvalue weighted by Crippen LogP contribution is 2.35. The summed E-state index contributed by atoms with van der Waals surface area (Å²) in [5.74, 6) is 0.877. The van der Waals surface area contributed by atoms with Gasteiger partial charge in [-0.25, -0.2) is 4.98 Å². The number of hydrogen-bond acceptors (Lipinski definition) is 6. The van der Waals surface area contributed by atoms with E-state index >= 15 is 0 Å². The predicted molar refractivity (Wildman–Crippen MR) is 65.9 cm³/mol. The summed E-state index contributed by atoms with van der Waals surface area (Å²) in [5.41, 5.74) is -0.166. The van der Waals surface area contributed by atoms with E-state index in [0.717, 1.165) is 12.8 Å². The van der Waals surface area contributed by atoms with Crippen LogP contribution in [0.4, 0.5) is 11.5 Å². The molecule has 0 atom stereocenters. The Morgan fingerprint density at radius 3 is 2.67 bits per heavy atom. The van der Waals surface area contributed by atoms with Crippen molar-refractivity contribution in [3.63, 3.8) is 0 Å². The van der Waals surface area contributed by atoms with E-state index in [2.05, 4.69) is 15.3 Å². The van der Waals surface area contributed by atoms with Gasteiger partial charge in [0.05, 0.1) is 11.5 Å². The third kappa shape index (κ3) is 2.66. The lowest BCUT2D eigenvalue weighted by atomic mass is 10.4. The van der Waals surface area contributed by atoms with Crippen molar-refractivity contribution >= 4 is 11.5 Å². The normalized spacial score (nSPS) is 14.3. The molecule has 1 heterocycles. The Hall–Kier alpha value is -1.92. The molecule has 1 aromatic rings. The first kappa shape index (κ1) is 12.5. The minimum Gasteiger partial charge on any atom is -0.473 e. The summed E-state index contributed by atoms with van der Waals surface area (Å²) in [4.78, 5) is 18.9. The molecule has 1 N–H and O–H groups in total. The summed E-state index contributed by atoms with van der Waals surface area (Å²) in [5, 5.41) is 14.2.